The summed E-state index contributed by atoms with van der Waals surface area (Å²) in [5.41, 5.74) is 1.44. The van der Waals surface area contributed by atoms with E-state index in [0.29, 0.717) is 10.6 Å². The number of anilines is 1. The quantitative estimate of drug-likeness (QED) is 0.867. The van der Waals surface area contributed by atoms with Crippen molar-refractivity contribution in [1.29, 1.82) is 0 Å². The van der Waals surface area contributed by atoms with Crippen LogP contribution in [0.5, 0.6) is 0 Å². The lowest BCUT2D eigenvalue weighted by molar-refractivity contribution is 0.0601. The number of fused-ring (bicyclic) bond motifs is 1. The molecule has 9 heteroatoms. The summed E-state index contributed by atoms with van der Waals surface area (Å²) >= 11 is 8.06. The Morgan fingerprint density at radius 3 is 2.76 bits per heavy atom. The molecule has 0 saturated carbocycles. The number of rotatable bonds is 3. The number of hydrogen-bond donors (Lipinski definition) is 1. The zero-order valence-corrected chi connectivity index (χ0v) is 13.3. The van der Waals surface area contributed by atoms with E-state index in [2.05, 4.69) is 15.5 Å². The van der Waals surface area contributed by atoms with Crippen LogP contribution < -0.4 is 5.32 Å². The predicted molar refractivity (Wildman–Crippen MR) is 80.6 cm³/mol. The van der Waals surface area contributed by atoms with Crippen LogP contribution in [0, 0.1) is 0 Å². The first-order chi connectivity index (χ1) is 10.1. The van der Waals surface area contributed by atoms with Gasteiger partial charge in [-0.1, -0.05) is 11.3 Å². The van der Waals surface area contributed by atoms with E-state index in [1.165, 1.54) is 18.4 Å². The molecule has 1 N–H and O–H groups in total. The Hall–Kier alpha value is -1.51. The van der Waals surface area contributed by atoms with E-state index in [4.69, 9.17) is 16.3 Å². The number of amides is 1. The molecule has 0 radical (unpaired) electrons. The van der Waals surface area contributed by atoms with Crippen LogP contribution in [-0.2, 0) is 17.6 Å². The number of hydrogen-bond acceptors (Lipinski definition) is 7. The van der Waals surface area contributed by atoms with Crippen LogP contribution in [0.3, 0.4) is 0 Å². The number of nitrogens with one attached hydrogen (secondary N) is 1. The van der Waals surface area contributed by atoms with Crippen LogP contribution in [0.4, 0.5) is 5.00 Å². The fourth-order valence-electron chi connectivity index (χ4n) is 2.26. The third kappa shape index (κ3) is 2.66. The maximum absolute atomic E-state index is 12.1. The summed E-state index contributed by atoms with van der Waals surface area (Å²) in [7, 11) is 1.33. The molecule has 1 aliphatic rings. The van der Waals surface area contributed by atoms with Crippen molar-refractivity contribution in [1.82, 2.24) is 10.2 Å². The number of esters is 1. The van der Waals surface area contributed by atoms with E-state index in [1.54, 1.807) is 0 Å². The van der Waals surface area contributed by atoms with Gasteiger partial charge in [0.05, 0.1) is 12.7 Å². The summed E-state index contributed by atoms with van der Waals surface area (Å²) in [6, 6.07) is 0. The van der Waals surface area contributed by atoms with Gasteiger partial charge in [0, 0.05) is 4.88 Å². The molecule has 0 aliphatic heterocycles. The van der Waals surface area contributed by atoms with E-state index in [9.17, 15) is 9.59 Å². The van der Waals surface area contributed by atoms with Crippen molar-refractivity contribution in [3.63, 3.8) is 0 Å². The van der Waals surface area contributed by atoms with Gasteiger partial charge in [-0.25, -0.2) is 4.79 Å². The number of aromatic nitrogens is 2. The molecule has 1 aliphatic carbocycles. The SMILES string of the molecule is COC(=O)c1c(NC(=O)c2nnc(Cl)s2)sc2c1CCC2. The van der Waals surface area contributed by atoms with Crippen LogP contribution in [0.2, 0.25) is 4.47 Å². The highest BCUT2D eigenvalue weighted by atomic mass is 35.5. The fourth-order valence-corrected chi connectivity index (χ4v) is 4.26. The second-order valence-corrected chi connectivity index (χ2v) is 7.03. The molecule has 6 nitrogen and oxygen atoms in total. The van der Waals surface area contributed by atoms with Crippen molar-refractivity contribution in [3.8, 4) is 0 Å². The van der Waals surface area contributed by atoms with Gasteiger partial charge in [-0.15, -0.1) is 21.5 Å². The normalized spacial score (nSPS) is 13.0. The zero-order valence-electron chi connectivity index (χ0n) is 10.9. The Morgan fingerprint density at radius 2 is 2.10 bits per heavy atom. The molecule has 2 aromatic rings. The average Bonchev–Trinajstić information content (AvgIpc) is 3.13. The molecule has 1 amide bonds. The highest BCUT2D eigenvalue weighted by Crippen LogP contribution is 2.39. The highest BCUT2D eigenvalue weighted by molar-refractivity contribution is 7.18. The summed E-state index contributed by atoms with van der Waals surface area (Å²) in [5.74, 6) is -0.857. The highest BCUT2D eigenvalue weighted by Gasteiger charge is 2.28. The standard InChI is InChI=1S/C12H10ClN3O3S2/c1-19-11(18)7-5-3-2-4-6(5)20-9(7)14-8(17)10-15-16-12(13)21-10/h2-4H2,1H3,(H,14,17). The molecule has 0 unspecified atom stereocenters. The van der Waals surface area contributed by atoms with Crippen molar-refractivity contribution in [2.75, 3.05) is 12.4 Å². The number of halogens is 1. The third-order valence-electron chi connectivity index (χ3n) is 3.13. The van der Waals surface area contributed by atoms with Crippen molar-refractivity contribution < 1.29 is 14.3 Å². The predicted octanol–water partition coefficient (Wildman–Crippen LogP) is 2.78. The van der Waals surface area contributed by atoms with E-state index in [-0.39, 0.29) is 9.47 Å². The lowest BCUT2D eigenvalue weighted by Crippen LogP contribution is -2.14. The van der Waals surface area contributed by atoms with Gasteiger partial charge in [0.2, 0.25) is 9.47 Å². The molecule has 0 fully saturated rings. The van der Waals surface area contributed by atoms with Crippen LogP contribution in [0.1, 0.15) is 37.0 Å². The second-order valence-electron chi connectivity index (χ2n) is 4.37. The number of thiophene rings is 1. The number of aryl methyl sites for hydroxylation is 1. The van der Waals surface area contributed by atoms with E-state index in [1.807, 2.05) is 0 Å². The van der Waals surface area contributed by atoms with Gasteiger partial charge in [0.15, 0.2) is 0 Å². The van der Waals surface area contributed by atoms with Gasteiger partial charge in [0.1, 0.15) is 5.00 Å². The van der Waals surface area contributed by atoms with Crippen LogP contribution in [0.25, 0.3) is 0 Å². The maximum atomic E-state index is 12.1. The van der Waals surface area contributed by atoms with Crippen molar-refractivity contribution in [3.05, 3.63) is 25.5 Å². The number of nitrogens with zero attached hydrogens (tertiary/aromatic N) is 2. The van der Waals surface area contributed by atoms with Crippen molar-refractivity contribution in [2.24, 2.45) is 0 Å². The van der Waals surface area contributed by atoms with Crippen molar-refractivity contribution >= 4 is 51.2 Å². The number of carbonyl (C=O) groups excluding carboxylic acids is 2. The summed E-state index contributed by atoms with van der Waals surface area (Å²) < 4.78 is 5.02. The number of methoxy groups -OCH3 is 1. The molecule has 0 spiro atoms. The lowest BCUT2D eigenvalue weighted by Gasteiger charge is -2.05. The molecule has 2 aromatic heterocycles. The molecule has 0 aromatic carbocycles. The number of ether oxygens (including phenoxy) is 1. The molecule has 110 valence electrons. The largest absolute Gasteiger partial charge is 0.465 e. The summed E-state index contributed by atoms with van der Waals surface area (Å²) in [4.78, 5) is 25.2. The molecule has 3 rings (SSSR count). The smallest absolute Gasteiger partial charge is 0.341 e. The van der Waals surface area contributed by atoms with E-state index < -0.39 is 11.9 Å². The van der Waals surface area contributed by atoms with E-state index in [0.717, 1.165) is 41.0 Å². The minimum absolute atomic E-state index is 0.157. The van der Waals surface area contributed by atoms with Gasteiger partial charge in [-0.2, -0.15) is 0 Å². The fraction of sp³-hybridized carbons (Fsp3) is 0.333. The second kappa shape index (κ2) is 5.70. The Labute approximate surface area is 133 Å². The Balaban J connectivity index is 1.92. The Bertz CT molecular complexity index is 725. The molecule has 0 bridgehead atoms. The minimum atomic E-state index is -0.431. The Morgan fingerprint density at radius 1 is 1.29 bits per heavy atom. The van der Waals surface area contributed by atoms with Gasteiger partial charge in [-0.3, -0.25) is 4.79 Å². The molecule has 21 heavy (non-hydrogen) atoms. The van der Waals surface area contributed by atoms with E-state index >= 15 is 0 Å². The third-order valence-corrected chi connectivity index (χ3v) is 5.36. The summed E-state index contributed by atoms with van der Waals surface area (Å²) in [5, 5.41) is 10.6. The molecular weight excluding hydrogens is 334 g/mol. The van der Waals surface area contributed by atoms with Crippen LogP contribution >= 0.6 is 34.3 Å². The first-order valence-electron chi connectivity index (χ1n) is 6.13. The number of carbonyl (C=O) groups is 2. The Kier molecular flexibility index (Phi) is 3.92. The summed E-state index contributed by atoms with van der Waals surface area (Å²) in [6.45, 7) is 0. The first-order valence-corrected chi connectivity index (χ1v) is 8.14. The average molecular weight is 344 g/mol. The monoisotopic (exact) mass is 343 g/mol. The molecular formula is C12H10ClN3O3S2. The molecule has 0 atom stereocenters. The summed E-state index contributed by atoms with van der Waals surface area (Å²) in [6.07, 6.45) is 2.77. The van der Waals surface area contributed by atoms with Crippen LogP contribution in [0.15, 0.2) is 0 Å². The zero-order chi connectivity index (χ0) is 15.0. The van der Waals surface area contributed by atoms with Crippen molar-refractivity contribution in [2.45, 2.75) is 19.3 Å². The van der Waals surface area contributed by atoms with Gasteiger partial charge in [0.25, 0.3) is 5.91 Å². The first kappa shape index (κ1) is 14.4. The van der Waals surface area contributed by atoms with Gasteiger partial charge < -0.3 is 10.1 Å². The van der Waals surface area contributed by atoms with Crippen LogP contribution in [-0.4, -0.2) is 29.2 Å². The van der Waals surface area contributed by atoms with Gasteiger partial charge >= 0.3 is 5.97 Å². The lowest BCUT2D eigenvalue weighted by atomic mass is 10.1. The topological polar surface area (TPSA) is 81.2 Å². The minimum Gasteiger partial charge on any atom is -0.465 e. The maximum Gasteiger partial charge on any atom is 0.341 e. The molecule has 2 heterocycles. The molecule has 0 saturated heterocycles. The van der Waals surface area contributed by atoms with Gasteiger partial charge in [-0.05, 0) is 36.4 Å².